The van der Waals surface area contributed by atoms with Crippen LogP contribution in [0, 0.1) is 0 Å². The molecule has 2 heterocycles. The molecule has 1 fully saturated rings. The molecule has 0 amide bonds. The summed E-state index contributed by atoms with van der Waals surface area (Å²) in [6, 6.07) is 0.364. The highest BCUT2D eigenvalue weighted by molar-refractivity contribution is 4.88. The molecule has 1 saturated heterocycles. The number of hydrogen-bond acceptors (Lipinski definition) is 5. The Kier molecular flexibility index (Phi) is 5.30. The minimum Gasteiger partial charge on any atom is -0.377 e. The summed E-state index contributed by atoms with van der Waals surface area (Å²) >= 11 is 0. The van der Waals surface area contributed by atoms with Gasteiger partial charge in [0.05, 0.1) is 19.3 Å². The molecule has 1 aromatic heterocycles. The monoisotopic (exact) mass is 267 g/mol. The van der Waals surface area contributed by atoms with E-state index in [4.69, 9.17) is 10.5 Å². The summed E-state index contributed by atoms with van der Waals surface area (Å²) in [7, 11) is 0. The first kappa shape index (κ1) is 14.4. The quantitative estimate of drug-likeness (QED) is 0.825. The second-order valence-corrected chi connectivity index (χ2v) is 5.35. The summed E-state index contributed by atoms with van der Waals surface area (Å²) in [5.41, 5.74) is 5.45. The zero-order chi connectivity index (χ0) is 13.7. The van der Waals surface area contributed by atoms with Gasteiger partial charge >= 0.3 is 0 Å². The van der Waals surface area contributed by atoms with Gasteiger partial charge in [0.25, 0.3) is 0 Å². The molecule has 1 aliphatic rings. The van der Waals surface area contributed by atoms with Gasteiger partial charge in [0.15, 0.2) is 0 Å². The number of likely N-dealkylation sites (tertiary alicyclic amines) is 1. The van der Waals surface area contributed by atoms with Crippen LogP contribution in [0.15, 0.2) is 6.33 Å². The molecular weight excluding hydrogens is 242 g/mol. The summed E-state index contributed by atoms with van der Waals surface area (Å²) < 4.78 is 7.69. The molecule has 0 spiro atoms. The number of aromatic nitrogens is 3. The lowest BCUT2D eigenvalue weighted by atomic mass is 10.1. The highest BCUT2D eigenvalue weighted by Gasteiger charge is 2.21. The Morgan fingerprint density at radius 2 is 2.16 bits per heavy atom. The summed E-state index contributed by atoms with van der Waals surface area (Å²) in [4.78, 5) is 6.78. The van der Waals surface area contributed by atoms with Crippen molar-refractivity contribution in [3.8, 4) is 0 Å². The number of nitrogens with zero attached hydrogens (tertiary/aromatic N) is 4. The first-order valence-corrected chi connectivity index (χ1v) is 7.13. The molecule has 1 aliphatic heterocycles. The Hall–Kier alpha value is -0.980. The largest absolute Gasteiger partial charge is 0.377 e. The number of piperidine rings is 1. The van der Waals surface area contributed by atoms with Crippen LogP contribution in [0.1, 0.15) is 38.6 Å². The lowest BCUT2D eigenvalue weighted by Crippen LogP contribution is -2.37. The maximum Gasteiger partial charge on any atom is 0.141 e. The topological polar surface area (TPSA) is 69.2 Å². The van der Waals surface area contributed by atoms with Gasteiger partial charge < -0.3 is 10.5 Å². The number of nitrogens with two attached hydrogens (primary N) is 1. The molecule has 6 heteroatoms. The molecule has 2 rings (SSSR count). The summed E-state index contributed by atoms with van der Waals surface area (Å²) in [5.74, 6) is 1.05. The smallest absolute Gasteiger partial charge is 0.141 e. The Bertz CT molecular complexity index is 371. The van der Waals surface area contributed by atoms with Gasteiger partial charge in [-0.3, -0.25) is 4.90 Å². The van der Waals surface area contributed by atoms with Crippen molar-refractivity contribution in [2.45, 2.75) is 45.4 Å². The fraction of sp³-hybridized carbons (Fsp3) is 0.846. The molecule has 0 bridgehead atoms. The fourth-order valence-corrected chi connectivity index (χ4v) is 2.49. The van der Waals surface area contributed by atoms with Crippen LogP contribution in [-0.2, 0) is 11.3 Å². The van der Waals surface area contributed by atoms with E-state index < -0.39 is 0 Å². The van der Waals surface area contributed by atoms with Crippen LogP contribution in [0.25, 0.3) is 0 Å². The molecule has 1 aromatic rings. The molecule has 19 heavy (non-hydrogen) atoms. The summed E-state index contributed by atoms with van der Waals surface area (Å²) in [5, 5.41) is 4.28. The van der Waals surface area contributed by atoms with E-state index in [0.29, 0.717) is 25.3 Å². The molecule has 2 N–H and O–H groups in total. The lowest BCUT2D eigenvalue weighted by Gasteiger charge is -2.31. The van der Waals surface area contributed by atoms with Crippen molar-refractivity contribution in [2.24, 2.45) is 5.73 Å². The molecule has 0 radical (unpaired) electrons. The third kappa shape index (κ3) is 3.99. The predicted molar refractivity (Wildman–Crippen MR) is 73.7 cm³/mol. The number of rotatable bonds is 6. The SMILES string of the molecule is CC(C)n1ncnc1CN1CCC(OCCN)CC1. The minimum absolute atomic E-state index is 0.364. The van der Waals surface area contributed by atoms with E-state index in [1.807, 2.05) is 4.68 Å². The Labute approximate surface area is 114 Å². The van der Waals surface area contributed by atoms with Crippen LogP contribution < -0.4 is 5.73 Å². The van der Waals surface area contributed by atoms with Gasteiger partial charge in [-0.25, -0.2) is 9.67 Å². The molecule has 0 aliphatic carbocycles. The number of hydrogen-bond donors (Lipinski definition) is 1. The summed E-state index contributed by atoms with van der Waals surface area (Å²) in [6.45, 7) is 8.53. The second-order valence-electron chi connectivity index (χ2n) is 5.35. The third-order valence-corrected chi connectivity index (χ3v) is 3.51. The molecule has 0 atom stereocenters. The van der Waals surface area contributed by atoms with E-state index in [1.54, 1.807) is 6.33 Å². The van der Waals surface area contributed by atoms with Crippen molar-refractivity contribution < 1.29 is 4.74 Å². The maximum atomic E-state index is 5.69. The minimum atomic E-state index is 0.364. The second kappa shape index (κ2) is 6.98. The van der Waals surface area contributed by atoms with Gasteiger partial charge in [-0.2, -0.15) is 5.10 Å². The average molecular weight is 267 g/mol. The molecule has 0 aromatic carbocycles. The van der Waals surface area contributed by atoms with E-state index in [0.717, 1.165) is 38.3 Å². The fourth-order valence-electron chi connectivity index (χ4n) is 2.49. The van der Waals surface area contributed by atoms with Crippen LogP contribution in [0.4, 0.5) is 0 Å². The van der Waals surface area contributed by atoms with Crippen molar-refractivity contribution in [1.82, 2.24) is 19.7 Å². The third-order valence-electron chi connectivity index (χ3n) is 3.51. The zero-order valence-corrected chi connectivity index (χ0v) is 12.0. The van der Waals surface area contributed by atoms with E-state index in [1.165, 1.54) is 0 Å². The van der Waals surface area contributed by atoms with Gasteiger partial charge in [0, 0.05) is 25.7 Å². The van der Waals surface area contributed by atoms with Crippen LogP contribution in [0.3, 0.4) is 0 Å². The first-order chi connectivity index (χ1) is 9.20. The normalized spacial score (nSPS) is 18.3. The molecular formula is C13H25N5O. The molecule has 108 valence electrons. The first-order valence-electron chi connectivity index (χ1n) is 7.13. The van der Waals surface area contributed by atoms with Crippen molar-refractivity contribution in [3.05, 3.63) is 12.2 Å². The molecule has 0 saturated carbocycles. The van der Waals surface area contributed by atoms with Gasteiger partial charge in [-0.15, -0.1) is 0 Å². The van der Waals surface area contributed by atoms with Gasteiger partial charge in [-0.05, 0) is 26.7 Å². The number of ether oxygens (including phenoxy) is 1. The van der Waals surface area contributed by atoms with Crippen LogP contribution in [0.5, 0.6) is 0 Å². The van der Waals surface area contributed by atoms with E-state index in [2.05, 4.69) is 28.8 Å². The van der Waals surface area contributed by atoms with Crippen molar-refractivity contribution in [2.75, 3.05) is 26.2 Å². The Morgan fingerprint density at radius 1 is 1.42 bits per heavy atom. The van der Waals surface area contributed by atoms with Gasteiger partial charge in [0.2, 0.25) is 0 Å². The molecule has 6 nitrogen and oxygen atoms in total. The van der Waals surface area contributed by atoms with Gasteiger partial charge in [0.1, 0.15) is 12.2 Å². The summed E-state index contributed by atoms with van der Waals surface area (Å²) in [6.07, 6.45) is 4.18. The van der Waals surface area contributed by atoms with Crippen LogP contribution in [0.2, 0.25) is 0 Å². The average Bonchev–Trinajstić information content (AvgIpc) is 2.86. The highest BCUT2D eigenvalue weighted by Crippen LogP contribution is 2.16. The Morgan fingerprint density at radius 3 is 2.79 bits per heavy atom. The van der Waals surface area contributed by atoms with Gasteiger partial charge in [-0.1, -0.05) is 0 Å². The highest BCUT2D eigenvalue weighted by atomic mass is 16.5. The van der Waals surface area contributed by atoms with Crippen molar-refractivity contribution in [1.29, 1.82) is 0 Å². The van der Waals surface area contributed by atoms with Crippen molar-refractivity contribution >= 4 is 0 Å². The van der Waals surface area contributed by atoms with E-state index in [-0.39, 0.29) is 0 Å². The Balaban J connectivity index is 1.80. The zero-order valence-electron chi connectivity index (χ0n) is 12.0. The van der Waals surface area contributed by atoms with E-state index in [9.17, 15) is 0 Å². The molecule has 0 unspecified atom stereocenters. The van der Waals surface area contributed by atoms with Crippen LogP contribution in [-0.4, -0.2) is 52.0 Å². The van der Waals surface area contributed by atoms with E-state index >= 15 is 0 Å². The predicted octanol–water partition coefficient (Wildman–Crippen LogP) is 0.799. The standard InChI is InChI=1S/C13H25N5O/c1-11(2)18-13(15-10-16-18)9-17-6-3-12(4-7-17)19-8-5-14/h10-12H,3-9,14H2,1-2H3. The van der Waals surface area contributed by atoms with Crippen molar-refractivity contribution in [3.63, 3.8) is 0 Å². The maximum absolute atomic E-state index is 5.69. The lowest BCUT2D eigenvalue weighted by molar-refractivity contribution is 0.00896. The van der Waals surface area contributed by atoms with Crippen LogP contribution >= 0.6 is 0 Å².